The lowest BCUT2D eigenvalue weighted by molar-refractivity contribution is -0.144. The molecule has 254 valence electrons. The molecule has 0 saturated carbocycles. The van der Waals surface area contributed by atoms with E-state index in [2.05, 4.69) is 30.9 Å². The van der Waals surface area contributed by atoms with Crippen molar-refractivity contribution in [3.8, 4) is 0 Å². The second-order valence-electron chi connectivity index (χ2n) is 11.7. The van der Waals surface area contributed by atoms with Gasteiger partial charge in [0.15, 0.2) is 5.96 Å². The molecule has 1 unspecified atom stereocenters. The minimum Gasteiger partial charge on any atom is -0.370 e. The number of guanidine groups is 1. The average molecular weight is 659 g/mol. The first kappa shape index (κ1) is 35.1. The Labute approximate surface area is 278 Å². The highest BCUT2D eigenvalue weighted by Gasteiger charge is 2.38. The summed E-state index contributed by atoms with van der Waals surface area (Å²) in [6.45, 7) is 1.61. The number of H-pyrrole nitrogens is 1. The number of imidazole rings is 1. The van der Waals surface area contributed by atoms with Crippen LogP contribution in [0.25, 0.3) is 0 Å². The highest BCUT2D eigenvalue weighted by atomic mass is 16.2. The Kier molecular flexibility index (Phi) is 12.2. The van der Waals surface area contributed by atoms with E-state index in [1.807, 2.05) is 42.5 Å². The Balaban J connectivity index is 1.60. The molecule has 15 heteroatoms. The first-order valence-electron chi connectivity index (χ1n) is 15.6. The van der Waals surface area contributed by atoms with Crippen LogP contribution in [0.5, 0.6) is 0 Å². The number of carbonyl (C=O) groups is 5. The topological polar surface area (TPSA) is 244 Å². The van der Waals surface area contributed by atoms with Crippen LogP contribution in [0.4, 0.5) is 0 Å². The average Bonchev–Trinajstić information content (AvgIpc) is 3.57. The van der Waals surface area contributed by atoms with Gasteiger partial charge in [0, 0.05) is 51.2 Å². The molecule has 4 rings (SSSR count). The molecule has 0 aliphatic carbocycles. The van der Waals surface area contributed by atoms with E-state index < -0.39 is 53.7 Å². The van der Waals surface area contributed by atoms with Gasteiger partial charge in [0.25, 0.3) is 0 Å². The maximum absolute atomic E-state index is 14.2. The summed E-state index contributed by atoms with van der Waals surface area (Å²) in [5.74, 6) is -2.96. The van der Waals surface area contributed by atoms with Gasteiger partial charge >= 0.3 is 0 Å². The molecule has 0 bridgehead atoms. The largest absolute Gasteiger partial charge is 0.370 e. The van der Waals surface area contributed by atoms with E-state index in [4.69, 9.17) is 17.2 Å². The van der Waals surface area contributed by atoms with Crippen molar-refractivity contribution in [2.45, 2.75) is 69.7 Å². The fourth-order valence-electron chi connectivity index (χ4n) is 5.64. The van der Waals surface area contributed by atoms with E-state index in [1.54, 1.807) is 12.1 Å². The van der Waals surface area contributed by atoms with Crippen LogP contribution in [0.15, 0.2) is 72.1 Å². The number of nitrogens with one attached hydrogen (secondary N) is 4. The molecule has 0 fully saturated rings. The van der Waals surface area contributed by atoms with Crippen molar-refractivity contribution in [1.82, 2.24) is 30.8 Å². The van der Waals surface area contributed by atoms with Crippen LogP contribution in [-0.2, 0) is 49.8 Å². The fourth-order valence-corrected chi connectivity index (χ4v) is 5.64. The van der Waals surface area contributed by atoms with Gasteiger partial charge in [-0.2, -0.15) is 0 Å². The predicted octanol–water partition coefficient (Wildman–Crippen LogP) is -0.838. The molecule has 15 nitrogen and oxygen atoms in total. The highest BCUT2D eigenvalue weighted by molar-refractivity contribution is 5.95. The third kappa shape index (κ3) is 9.88. The van der Waals surface area contributed by atoms with E-state index >= 15 is 0 Å². The lowest BCUT2D eigenvalue weighted by Gasteiger charge is -2.37. The van der Waals surface area contributed by atoms with Crippen molar-refractivity contribution < 1.29 is 24.0 Å². The summed E-state index contributed by atoms with van der Waals surface area (Å²) >= 11 is 0. The van der Waals surface area contributed by atoms with Crippen LogP contribution in [0.3, 0.4) is 0 Å². The van der Waals surface area contributed by atoms with E-state index in [-0.39, 0.29) is 44.7 Å². The molecule has 1 aliphatic rings. The zero-order valence-electron chi connectivity index (χ0n) is 26.7. The molecule has 0 radical (unpaired) electrons. The number of carbonyl (C=O) groups excluding carboxylic acids is 5. The van der Waals surface area contributed by atoms with Crippen LogP contribution >= 0.6 is 0 Å². The number of hydrogen-bond acceptors (Lipinski definition) is 7. The van der Waals surface area contributed by atoms with Gasteiger partial charge in [-0.1, -0.05) is 54.6 Å². The monoisotopic (exact) mass is 658 g/mol. The smallest absolute Gasteiger partial charge is 0.246 e. The summed E-state index contributed by atoms with van der Waals surface area (Å²) in [6.07, 6.45) is 3.87. The number of rotatable bonds is 15. The van der Waals surface area contributed by atoms with Gasteiger partial charge in [0.2, 0.25) is 29.5 Å². The standard InChI is InChI=1S/C33H42N10O5/c1-20(44)40-27(16-24-17-37-19-39-24)31(47)42-26(14-21-8-3-2-4-9-21)30(46)41-25(12-7-13-38-33(35)36)32(48)43-18-23-11-6-5-10-22(23)15-28(43)29(34)45/h2-6,8-11,17,19,25-28H,7,12-16,18H2,1H3,(H2,34,45)(H,37,39)(H,40,44)(H,41,46)(H,42,47)(H4,35,36,38)/t25-,26+,27-,28?/m0/s1. The van der Waals surface area contributed by atoms with Crippen LogP contribution in [0, 0.1) is 0 Å². The molecular formula is C33H42N10O5. The number of benzene rings is 2. The molecule has 48 heavy (non-hydrogen) atoms. The summed E-state index contributed by atoms with van der Waals surface area (Å²) in [4.78, 5) is 78.6. The Morgan fingerprint density at radius 2 is 1.54 bits per heavy atom. The maximum Gasteiger partial charge on any atom is 0.246 e. The van der Waals surface area contributed by atoms with E-state index in [1.165, 1.54) is 24.3 Å². The molecular weight excluding hydrogens is 616 g/mol. The molecule has 2 heterocycles. The number of fused-ring (bicyclic) bond motifs is 1. The van der Waals surface area contributed by atoms with Crippen molar-refractivity contribution in [3.05, 3.63) is 89.5 Å². The zero-order valence-corrected chi connectivity index (χ0v) is 26.7. The first-order chi connectivity index (χ1) is 23.0. The summed E-state index contributed by atoms with van der Waals surface area (Å²) in [7, 11) is 0. The Bertz CT molecular complexity index is 1610. The number of nitrogens with zero attached hydrogens (tertiary/aromatic N) is 3. The Morgan fingerprint density at radius 1 is 0.896 bits per heavy atom. The molecule has 5 amide bonds. The lowest BCUT2D eigenvalue weighted by atomic mass is 9.92. The molecule has 1 aromatic heterocycles. The molecule has 4 atom stereocenters. The number of aromatic amines is 1. The van der Waals surface area contributed by atoms with Crippen LogP contribution < -0.4 is 33.2 Å². The first-order valence-corrected chi connectivity index (χ1v) is 15.6. The van der Waals surface area contributed by atoms with Crippen LogP contribution in [-0.4, -0.2) is 81.1 Å². The van der Waals surface area contributed by atoms with Crippen molar-refractivity contribution >= 4 is 35.5 Å². The SMILES string of the molecule is CC(=O)N[C@@H](Cc1cnc[nH]1)C(=O)N[C@H](Cc1ccccc1)C(=O)N[C@@H](CCCN=C(N)N)C(=O)N1Cc2ccccc2CC1C(N)=O. The fraction of sp³-hybridized carbons (Fsp3) is 0.364. The Morgan fingerprint density at radius 3 is 2.17 bits per heavy atom. The number of hydrogen-bond donors (Lipinski definition) is 7. The van der Waals surface area contributed by atoms with Gasteiger partial charge in [0.05, 0.1) is 6.33 Å². The minimum atomic E-state index is -1.14. The number of amides is 5. The molecule has 1 aliphatic heterocycles. The second-order valence-corrected chi connectivity index (χ2v) is 11.7. The number of nitrogens with two attached hydrogens (primary N) is 3. The minimum absolute atomic E-state index is 0.0885. The predicted molar refractivity (Wildman–Crippen MR) is 177 cm³/mol. The lowest BCUT2D eigenvalue weighted by Crippen LogP contribution is -2.60. The molecule has 10 N–H and O–H groups in total. The van der Waals surface area contributed by atoms with Crippen LogP contribution in [0.1, 0.15) is 42.1 Å². The molecule has 0 saturated heterocycles. The Hall–Kier alpha value is -5.73. The quantitative estimate of drug-likeness (QED) is 0.0615. The third-order valence-corrected chi connectivity index (χ3v) is 8.01. The van der Waals surface area contributed by atoms with Gasteiger partial charge in [-0.3, -0.25) is 29.0 Å². The molecule has 0 spiro atoms. The van der Waals surface area contributed by atoms with E-state index in [9.17, 15) is 24.0 Å². The van der Waals surface area contributed by atoms with Crippen molar-refractivity contribution in [2.75, 3.05) is 6.54 Å². The van der Waals surface area contributed by atoms with E-state index in [0.29, 0.717) is 12.1 Å². The van der Waals surface area contributed by atoms with Crippen molar-refractivity contribution in [3.63, 3.8) is 0 Å². The molecule has 3 aromatic rings. The number of aliphatic imine (C=N–C) groups is 1. The summed E-state index contributed by atoms with van der Waals surface area (Å²) in [6, 6.07) is 12.3. The van der Waals surface area contributed by atoms with E-state index in [0.717, 1.165) is 16.7 Å². The van der Waals surface area contributed by atoms with Gasteiger partial charge in [-0.15, -0.1) is 0 Å². The van der Waals surface area contributed by atoms with Crippen molar-refractivity contribution in [1.29, 1.82) is 0 Å². The summed E-state index contributed by atoms with van der Waals surface area (Å²) in [5, 5.41) is 8.23. The number of aromatic nitrogens is 2. The summed E-state index contributed by atoms with van der Waals surface area (Å²) < 4.78 is 0. The second kappa shape index (κ2) is 16.7. The highest BCUT2D eigenvalue weighted by Crippen LogP contribution is 2.24. The van der Waals surface area contributed by atoms with Gasteiger partial charge in [-0.25, -0.2) is 4.98 Å². The maximum atomic E-state index is 14.2. The van der Waals surface area contributed by atoms with Gasteiger partial charge < -0.3 is 43.0 Å². The normalized spacial score (nSPS) is 15.6. The summed E-state index contributed by atoms with van der Waals surface area (Å²) in [5.41, 5.74) is 19.8. The number of primary amides is 1. The van der Waals surface area contributed by atoms with Gasteiger partial charge in [0.1, 0.15) is 24.2 Å². The third-order valence-electron chi connectivity index (χ3n) is 8.01. The van der Waals surface area contributed by atoms with Crippen LogP contribution in [0.2, 0.25) is 0 Å². The zero-order chi connectivity index (χ0) is 34.6. The van der Waals surface area contributed by atoms with Gasteiger partial charge in [-0.05, 0) is 29.5 Å². The van der Waals surface area contributed by atoms with Crippen molar-refractivity contribution in [2.24, 2.45) is 22.2 Å². The molecule has 2 aromatic carbocycles.